The molecule has 1 amide bonds. The number of nitrogens with two attached hydrogens (primary N) is 1. The molecule has 1 fully saturated rings. The van der Waals surface area contributed by atoms with Crippen molar-refractivity contribution in [2.45, 2.75) is 19.9 Å². The Morgan fingerprint density at radius 2 is 2.04 bits per heavy atom. The number of hydrogen-bond donors (Lipinski definition) is 2. The number of furan rings is 1. The Morgan fingerprint density at radius 3 is 2.69 bits per heavy atom. The molecule has 1 atom stereocenters. The van der Waals surface area contributed by atoms with Gasteiger partial charge in [0.1, 0.15) is 11.5 Å². The fraction of sp³-hybridized carbons (Fsp3) is 0.421. The lowest BCUT2D eigenvalue weighted by Gasteiger charge is -2.22. The van der Waals surface area contributed by atoms with E-state index in [0.29, 0.717) is 24.7 Å². The van der Waals surface area contributed by atoms with Crippen molar-refractivity contribution in [3.8, 4) is 11.3 Å². The molecular weight excluding hydrogens is 373 g/mol. The van der Waals surface area contributed by atoms with E-state index < -0.39 is 0 Å². The molecule has 0 aliphatic carbocycles. The summed E-state index contributed by atoms with van der Waals surface area (Å²) in [4.78, 5) is 14.3. The highest BCUT2D eigenvalue weighted by Crippen LogP contribution is 2.28. The van der Waals surface area contributed by atoms with E-state index in [1.807, 2.05) is 36.4 Å². The van der Waals surface area contributed by atoms with Crippen LogP contribution in [0.25, 0.3) is 11.3 Å². The van der Waals surface area contributed by atoms with E-state index >= 15 is 0 Å². The Bertz CT molecular complexity index is 733. The maximum absolute atomic E-state index is 12.1. The molecule has 26 heavy (non-hydrogen) atoms. The van der Waals surface area contributed by atoms with Crippen LogP contribution in [0.5, 0.6) is 0 Å². The van der Waals surface area contributed by atoms with Gasteiger partial charge in [0.2, 0.25) is 5.91 Å². The SMILES string of the molecule is CC1(CN)CCN(CC(=O)NCc2ccc(-c3ccc(Cl)cc3)o2)C1.Cl. The summed E-state index contributed by atoms with van der Waals surface area (Å²) in [6.07, 6.45) is 1.04. The quantitative estimate of drug-likeness (QED) is 0.783. The highest BCUT2D eigenvalue weighted by atomic mass is 35.5. The van der Waals surface area contributed by atoms with Crippen LogP contribution >= 0.6 is 24.0 Å². The maximum atomic E-state index is 12.1. The third-order valence-corrected chi connectivity index (χ3v) is 5.00. The average molecular weight is 398 g/mol. The molecule has 2 aromatic rings. The van der Waals surface area contributed by atoms with Gasteiger partial charge >= 0.3 is 0 Å². The van der Waals surface area contributed by atoms with Gasteiger partial charge in [0.25, 0.3) is 0 Å². The first-order chi connectivity index (χ1) is 12.0. The van der Waals surface area contributed by atoms with Crippen LogP contribution in [0.1, 0.15) is 19.1 Å². The Labute approximate surface area is 165 Å². The van der Waals surface area contributed by atoms with Crippen LogP contribution in [0, 0.1) is 5.41 Å². The number of carbonyl (C=O) groups excluding carboxylic acids is 1. The predicted octanol–water partition coefficient (Wildman–Crippen LogP) is 3.31. The van der Waals surface area contributed by atoms with Crippen LogP contribution in [0.15, 0.2) is 40.8 Å². The molecule has 1 unspecified atom stereocenters. The van der Waals surface area contributed by atoms with Gasteiger partial charge < -0.3 is 15.5 Å². The Kier molecular flexibility index (Phi) is 7.12. The molecule has 7 heteroatoms. The summed E-state index contributed by atoms with van der Waals surface area (Å²) in [5.74, 6) is 1.50. The smallest absolute Gasteiger partial charge is 0.234 e. The van der Waals surface area contributed by atoms with E-state index in [2.05, 4.69) is 17.1 Å². The summed E-state index contributed by atoms with van der Waals surface area (Å²) in [6.45, 7) is 5.41. The van der Waals surface area contributed by atoms with Crippen molar-refractivity contribution in [1.29, 1.82) is 0 Å². The second kappa shape index (κ2) is 8.91. The first-order valence-corrected chi connectivity index (χ1v) is 8.89. The number of nitrogens with one attached hydrogen (secondary N) is 1. The molecule has 0 bridgehead atoms. The number of amides is 1. The minimum absolute atomic E-state index is 0. The molecule has 5 nitrogen and oxygen atoms in total. The van der Waals surface area contributed by atoms with Gasteiger partial charge in [-0.3, -0.25) is 9.69 Å². The van der Waals surface area contributed by atoms with Crippen LogP contribution in [-0.2, 0) is 11.3 Å². The van der Waals surface area contributed by atoms with Gasteiger partial charge in [-0.1, -0.05) is 18.5 Å². The van der Waals surface area contributed by atoms with Crippen molar-refractivity contribution in [2.75, 3.05) is 26.2 Å². The minimum atomic E-state index is 0. The number of rotatable bonds is 6. The van der Waals surface area contributed by atoms with E-state index in [0.717, 1.165) is 36.6 Å². The lowest BCUT2D eigenvalue weighted by atomic mass is 9.90. The highest BCUT2D eigenvalue weighted by Gasteiger charge is 2.33. The predicted molar refractivity (Wildman–Crippen MR) is 106 cm³/mol. The van der Waals surface area contributed by atoms with Crippen LogP contribution in [0.4, 0.5) is 0 Å². The number of likely N-dealkylation sites (tertiary alicyclic amines) is 1. The summed E-state index contributed by atoms with van der Waals surface area (Å²) in [5, 5.41) is 3.61. The zero-order valence-corrected chi connectivity index (χ0v) is 16.4. The fourth-order valence-electron chi connectivity index (χ4n) is 3.11. The molecule has 1 aromatic heterocycles. The second-order valence-electron chi connectivity index (χ2n) is 7.03. The molecule has 1 aromatic carbocycles. The maximum Gasteiger partial charge on any atom is 0.234 e. The van der Waals surface area contributed by atoms with E-state index in [9.17, 15) is 4.79 Å². The second-order valence-corrected chi connectivity index (χ2v) is 7.46. The lowest BCUT2D eigenvalue weighted by molar-refractivity contribution is -0.122. The normalized spacial score (nSPS) is 20.0. The molecule has 3 rings (SSSR count). The van der Waals surface area contributed by atoms with Gasteiger partial charge in [-0.25, -0.2) is 0 Å². The molecule has 1 saturated heterocycles. The Hall–Kier alpha value is -1.53. The largest absolute Gasteiger partial charge is 0.459 e. The molecule has 1 aliphatic rings. The number of benzene rings is 1. The average Bonchev–Trinajstić information content (AvgIpc) is 3.21. The van der Waals surface area contributed by atoms with Gasteiger partial charge in [-0.2, -0.15) is 0 Å². The fourth-order valence-corrected chi connectivity index (χ4v) is 3.24. The van der Waals surface area contributed by atoms with Crippen molar-refractivity contribution in [2.24, 2.45) is 11.1 Å². The van der Waals surface area contributed by atoms with Gasteiger partial charge in [0.15, 0.2) is 0 Å². The molecule has 142 valence electrons. The lowest BCUT2D eigenvalue weighted by Crippen LogP contribution is -2.38. The van der Waals surface area contributed by atoms with Crippen molar-refractivity contribution < 1.29 is 9.21 Å². The summed E-state index contributed by atoms with van der Waals surface area (Å²) < 4.78 is 5.79. The molecule has 0 radical (unpaired) electrons. The minimum Gasteiger partial charge on any atom is -0.459 e. The molecule has 0 spiro atoms. The van der Waals surface area contributed by atoms with Crippen molar-refractivity contribution in [1.82, 2.24) is 10.2 Å². The molecule has 3 N–H and O–H groups in total. The van der Waals surface area contributed by atoms with E-state index in [1.165, 1.54) is 0 Å². The number of carbonyl (C=O) groups is 1. The number of halogens is 2. The third-order valence-electron chi connectivity index (χ3n) is 4.75. The van der Waals surface area contributed by atoms with Crippen LogP contribution < -0.4 is 11.1 Å². The van der Waals surface area contributed by atoms with Crippen LogP contribution in [-0.4, -0.2) is 37.0 Å². The zero-order valence-electron chi connectivity index (χ0n) is 14.8. The number of nitrogens with zero attached hydrogens (tertiary/aromatic N) is 1. The van der Waals surface area contributed by atoms with Crippen molar-refractivity contribution in [3.63, 3.8) is 0 Å². The summed E-state index contributed by atoms with van der Waals surface area (Å²) in [6, 6.07) is 11.2. The van der Waals surface area contributed by atoms with Crippen LogP contribution in [0.2, 0.25) is 5.02 Å². The monoisotopic (exact) mass is 397 g/mol. The zero-order chi connectivity index (χ0) is 17.9. The highest BCUT2D eigenvalue weighted by molar-refractivity contribution is 6.30. The van der Waals surface area contributed by atoms with E-state index in [4.69, 9.17) is 21.8 Å². The summed E-state index contributed by atoms with van der Waals surface area (Å²) in [7, 11) is 0. The first-order valence-electron chi connectivity index (χ1n) is 8.51. The summed E-state index contributed by atoms with van der Waals surface area (Å²) >= 11 is 5.90. The van der Waals surface area contributed by atoms with E-state index in [1.54, 1.807) is 0 Å². The molecule has 0 saturated carbocycles. The molecule has 2 heterocycles. The van der Waals surface area contributed by atoms with E-state index in [-0.39, 0.29) is 23.7 Å². The topological polar surface area (TPSA) is 71.5 Å². The molecule has 1 aliphatic heterocycles. The van der Waals surface area contributed by atoms with Crippen LogP contribution in [0.3, 0.4) is 0 Å². The third kappa shape index (κ3) is 5.24. The van der Waals surface area contributed by atoms with Crippen molar-refractivity contribution >= 4 is 29.9 Å². The first kappa shape index (κ1) is 20.8. The van der Waals surface area contributed by atoms with Crippen molar-refractivity contribution in [3.05, 3.63) is 47.2 Å². The standard InChI is InChI=1S/C19H24ClN3O2.ClH/c1-19(12-21)8-9-23(13-19)11-18(24)22-10-16-6-7-17(25-16)14-2-4-15(20)5-3-14;/h2-7H,8-13,21H2,1H3,(H,22,24);1H. The Balaban J connectivity index is 0.00000243. The van der Waals surface area contributed by atoms with Gasteiger partial charge in [0.05, 0.1) is 13.1 Å². The Morgan fingerprint density at radius 1 is 1.31 bits per heavy atom. The molecular formula is C19H25Cl2N3O2. The van der Waals surface area contributed by atoms with Gasteiger partial charge in [0, 0.05) is 17.1 Å². The van der Waals surface area contributed by atoms with Gasteiger partial charge in [-0.15, -0.1) is 12.4 Å². The summed E-state index contributed by atoms with van der Waals surface area (Å²) in [5.41, 5.74) is 6.90. The number of hydrogen-bond acceptors (Lipinski definition) is 4. The van der Waals surface area contributed by atoms with Gasteiger partial charge in [-0.05, 0) is 61.3 Å².